The molecule has 0 aromatic heterocycles. The number of hydrogen-bond donors (Lipinski definition) is 1. The van der Waals surface area contributed by atoms with Gasteiger partial charge in [-0.05, 0) is 31.6 Å². The highest BCUT2D eigenvalue weighted by Crippen LogP contribution is 2.53. The van der Waals surface area contributed by atoms with Gasteiger partial charge in [0.25, 0.3) is 0 Å². The van der Waals surface area contributed by atoms with Crippen molar-refractivity contribution in [3.63, 3.8) is 0 Å². The Bertz CT molecular complexity index is 275. The largest absolute Gasteiger partial charge is 0.388 e. The van der Waals surface area contributed by atoms with E-state index in [1.165, 1.54) is 6.42 Å². The molecule has 0 aromatic carbocycles. The average Bonchev–Trinajstić information content (AvgIpc) is 2.72. The second-order valence-corrected chi connectivity index (χ2v) is 5.47. The maximum atomic E-state index is 10.9. The first-order chi connectivity index (χ1) is 7.15. The summed E-state index contributed by atoms with van der Waals surface area (Å²) in [6, 6.07) is 2.47. The first-order valence-corrected chi connectivity index (χ1v) is 6.28. The third-order valence-electron chi connectivity index (χ3n) is 4.76. The average molecular weight is 207 g/mol. The molecule has 0 saturated heterocycles. The quantitative estimate of drug-likeness (QED) is 0.718. The van der Waals surface area contributed by atoms with Crippen LogP contribution in [-0.4, -0.2) is 10.7 Å². The fourth-order valence-electron chi connectivity index (χ4n) is 3.66. The van der Waals surface area contributed by atoms with Gasteiger partial charge in [-0.3, -0.25) is 0 Å². The maximum absolute atomic E-state index is 10.9. The Labute approximate surface area is 92.3 Å². The van der Waals surface area contributed by atoms with Crippen LogP contribution in [0.2, 0.25) is 0 Å². The molecule has 0 aliphatic heterocycles. The third kappa shape index (κ3) is 1.49. The summed E-state index contributed by atoms with van der Waals surface area (Å²) in [5.41, 5.74) is -1.12. The van der Waals surface area contributed by atoms with Gasteiger partial charge in [-0.15, -0.1) is 0 Å². The van der Waals surface area contributed by atoms with Crippen molar-refractivity contribution < 1.29 is 5.11 Å². The highest BCUT2D eigenvalue weighted by Gasteiger charge is 2.55. The van der Waals surface area contributed by atoms with Gasteiger partial charge in [-0.1, -0.05) is 32.6 Å². The zero-order valence-electron chi connectivity index (χ0n) is 9.63. The maximum Gasteiger partial charge on any atom is 0.0862 e. The van der Waals surface area contributed by atoms with E-state index in [4.69, 9.17) is 0 Å². The molecular weight excluding hydrogens is 186 g/mol. The molecule has 0 amide bonds. The number of nitriles is 1. The molecule has 2 nitrogen and oxygen atoms in total. The Hall–Kier alpha value is -0.550. The minimum absolute atomic E-state index is 0.295. The lowest BCUT2D eigenvalue weighted by atomic mass is 9.60. The Kier molecular flexibility index (Phi) is 2.77. The van der Waals surface area contributed by atoms with Crippen LogP contribution in [-0.2, 0) is 0 Å². The van der Waals surface area contributed by atoms with Crippen molar-refractivity contribution in [2.75, 3.05) is 0 Å². The summed E-state index contributed by atoms with van der Waals surface area (Å²) >= 11 is 0. The van der Waals surface area contributed by atoms with E-state index in [0.29, 0.717) is 5.92 Å². The first-order valence-electron chi connectivity index (χ1n) is 6.28. The van der Waals surface area contributed by atoms with Gasteiger partial charge in [0.15, 0.2) is 0 Å². The summed E-state index contributed by atoms with van der Waals surface area (Å²) in [5, 5.41) is 20.3. The van der Waals surface area contributed by atoms with Gasteiger partial charge in [-0.25, -0.2) is 0 Å². The Morgan fingerprint density at radius 1 is 1.13 bits per heavy atom. The Morgan fingerprint density at radius 2 is 1.73 bits per heavy atom. The van der Waals surface area contributed by atoms with E-state index in [0.717, 1.165) is 44.9 Å². The van der Waals surface area contributed by atoms with Crippen LogP contribution in [0.3, 0.4) is 0 Å². The van der Waals surface area contributed by atoms with Crippen LogP contribution in [0.4, 0.5) is 0 Å². The van der Waals surface area contributed by atoms with Crippen LogP contribution in [0, 0.1) is 22.7 Å². The van der Waals surface area contributed by atoms with E-state index in [1.807, 2.05) is 0 Å². The molecule has 2 aliphatic carbocycles. The van der Waals surface area contributed by atoms with E-state index in [-0.39, 0.29) is 0 Å². The molecule has 2 saturated carbocycles. The van der Waals surface area contributed by atoms with E-state index < -0.39 is 11.0 Å². The SMILES string of the molecule is CC1CCCCC1(O)C1(C#N)CCCC1. The lowest BCUT2D eigenvalue weighted by Crippen LogP contribution is -2.52. The number of aliphatic hydroxyl groups is 1. The van der Waals surface area contributed by atoms with Gasteiger partial charge in [0.2, 0.25) is 0 Å². The fraction of sp³-hybridized carbons (Fsp3) is 0.923. The fourth-order valence-corrected chi connectivity index (χ4v) is 3.66. The second-order valence-electron chi connectivity index (χ2n) is 5.47. The van der Waals surface area contributed by atoms with E-state index >= 15 is 0 Å². The molecular formula is C13H21NO. The van der Waals surface area contributed by atoms with E-state index in [2.05, 4.69) is 13.0 Å². The Balaban J connectivity index is 2.29. The van der Waals surface area contributed by atoms with E-state index in [9.17, 15) is 10.4 Å². The summed E-state index contributed by atoms with van der Waals surface area (Å²) in [4.78, 5) is 0. The molecule has 15 heavy (non-hydrogen) atoms. The van der Waals surface area contributed by atoms with Crippen molar-refractivity contribution in [2.45, 2.75) is 63.9 Å². The molecule has 0 aromatic rings. The van der Waals surface area contributed by atoms with Crippen LogP contribution in [0.5, 0.6) is 0 Å². The Morgan fingerprint density at radius 3 is 2.27 bits per heavy atom. The second kappa shape index (κ2) is 3.79. The molecule has 2 aliphatic rings. The van der Waals surface area contributed by atoms with Gasteiger partial charge < -0.3 is 5.11 Å². The molecule has 2 rings (SSSR count). The first kappa shape index (κ1) is 11.0. The molecule has 0 heterocycles. The van der Waals surface area contributed by atoms with Crippen molar-refractivity contribution in [1.82, 2.24) is 0 Å². The van der Waals surface area contributed by atoms with Gasteiger partial charge in [0, 0.05) is 0 Å². The lowest BCUT2D eigenvalue weighted by molar-refractivity contribution is -0.117. The summed E-state index contributed by atoms with van der Waals surface area (Å²) in [7, 11) is 0. The minimum Gasteiger partial charge on any atom is -0.388 e. The molecule has 1 N–H and O–H groups in total. The normalized spacial score (nSPS) is 39.9. The van der Waals surface area contributed by atoms with Crippen molar-refractivity contribution in [3.8, 4) is 6.07 Å². The van der Waals surface area contributed by atoms with Crippen LogP contribution in [0.25, 0.3) is 0 Å². The number of hydrogen-bond acceptors (Lipinski definition) is 2. The highest BCUT2D eigenvalue weighted by molar-refractivity contribution is 5.15. The summed E-state index contributed by atoms with van der Waals surface area (Å²) in [5.74, 6) is 0.295. The van der Waals surface area contributed by atoms with E-state index in [1.54, 1.807) is 0 Å². The molecule has 0 spiro atoms. The molecule has 2 atom stereocenters. The molecule has 2 unspecified atom stereocenters. The highest BCUT2D eigenvalue weighted by atomic mass is 16.3. The van der Waals surface area contributed by atoms with Crippen LogP contribution < -0.4 is 0 Å². The van der Waals surface area contributed by atoms with Crippen molar-refractivity contribution >= 4 is 0 Å². The van der Waals surface area contributed by atoms with Gasteiger partial charge in [-0.2, -0.15) is 5.26 Å². The topological polar surface area (TPSA) is 44.0 Å². The predicted molar refractivity (Wildman–Crippen MR) is 59.1 cm³/mol. The number of nitrogens with zero attached hydrogens (tertiary/aromatic N) is 1. The summed E-state index contributed by atoms with van der Waals surface area (Å²) < 4.78 is 0. The zero-order chi connectivity index (χ0) is 10.9. The van der Waals surface area contributed by atoms with Gasteiger partial charge in [0.1, 0.15) is 0 Å². The molecule has 0 radical (unpaired) electrons. The van der Waals surface area contributed by atoms with Crippen molar-refractivity contribution in [2.24, 2.45) is 11.3 Å². The molecule has 2 fully saturated rings. The molecule has 84 valence electrons. The summed E-state index contributed by atoms with van der Waals surface area (Å²) in [6.45, 7) is 2.12. The van der Waals surface area contributed by atoms with Crippen molar-refractivity contribution in [1.29, 1.82) is 5.26 Å². The molecule has 2 heteroatoms. The lowest BCUT2D eigenvalue weighted by Gasteiger charge is -2.47. The molecule has 0 bridgehead atoms. The standard InChI is InChI=1S/C13H21NO/c1-11-6-2-3-9-13(11,15)12(10-14)7-4-5-8-12/h11,15H,2-9H2,1H3. The minimum atomic E-state index is -0.698. The van der Waals surface area contributed by atoms with Crippen molar-refractivity contribution in [3.05, 3.63) is 0 Å². The smallest absolute Gasteiger partial charge is 0.0862 e. The third-order valence-corrected chi connectivity index (χ3v) is 4.76. The van der Waals surface area contributed by atoms with Crippen LogP contribution >= 0.6 is 0 Å². The van der Waals surface area contributed by atoms with Crippen LogP contribution in [0.15, 0.2) is 0 Å². The zero-order valence-corrected chi connectivity index (χ0v) is 9.63. The van der Waals surface area contributed by atoms with Crippen LogP contribution in [0.1, 0.15) is 58.3 Å². The number of rotatable bonds is 1. The summed E-state index contributed by atoms with van der Waals surface area (Å²) in [6.07, 6.45) is 8.26. The van der Waals surface area contributed by atoms with Gasteiger partial charge >= 0.3 is 0 Å². The van der Waals surface area contributed by atoms with Gasteiger partial charge in [0.05, 0.1) is 17.1 Å². The predicted octanol–water partition coefficient (Wildman–Crippen LogP) is 3.01. The monoisotopic (exact) mass is 207 g/mol.